The molecule has 2 fully saturated rings. The Balaban J connectivity index is 1.48. The Hall–Kier alpha value is -1.38. The molecule has 2 heterocycles. The van der Waals surface area contributed by atoms with E-state index in [1.165, 1.54) is 6.07 Å². The lowest BCUT2D eigenvalue weighted by molar-refractivity contribution is -0.137. The van der Waals surface area contributed by atoms with Crippen LogP contribution in [0.3, 0.4) is 0 Å². The minimum atomic E-state index is -4.36. The summed E-state index contributed by atoms with van der Waals surface area (Å²) in [6.45, 7) is 3.42. The molecule has 0 saturated carbocycles. The Morgan fingerprint density at radius 3 is 2.67 bits per heavy atom. The Labute approximate surface area is 163 Å². The molecule has 1 aromatic carbocycles. The first kappa shape index (κ1) is 20.4. The molecule has 0 amide bonds. The highest BCUT2D eigenvalue weighted by Gasteiger charge is 2.31. The topological polar surface area (TPSA) is 27.7 Å². The molecule has 27 heavy (non-hydrogen) atoms. The maximum Gasteiger partial charge on any atom is 0.416 e. The first-order valence-corrected chi connectivity index (χ1v) is 9.79. The normalized spacial score (nSPS) is 21.7. The summed E-state index contributed by atoms with van der Waals surface area (Å²) < 4.78 is 44.2. The van der Waals surface area contributed by atoms with Crippen LogP contribution in [0.25, 0.3) is 0 Å². The monoisotopic (exact) mass is 401 g/mol. The van der Waals surface area contributed by atoms with Crippen molar-refractivity contribution >= 4 is 23.0 Å². The van der Waals surface area contributed by atoms with Gasteiger partial charge in [0.05, 0.1) is 11.7 Å². The molecule has 2 saturated heterocycles. The Morgan fingerprint density at radius 2 is 2.04 bits per heavy atom. The van der Waals surface area contributed by atoms with Crippen molar-refractivity contribution in [2.75, 3.05) is 38.6 Å². The van der Waals surface area contributed by atoms with E-state index >= 15 is 0 Å². The van der Waals surface area contributed by atoms with Gasteiger partial charge >= 0.3 is 6.18 Å². The first-order valence-electron chi connectivity index (χ1n) is 9.38. The van der Waals surface area contributed by atoms with Crippen molar-refractivity contribution in [3.63, 3.8) is 0 Å². The molecular formula is C19H26F3N3OS. The van der Waals surface area contributed by atoms with Crippen molar-refractivity contribution in [1.82, 2.24) is 9.80 Å². The van der Waals surface area contributed by atoms with E-state index in [4.69, 9.17) is 17.0 Å². The van der Waals surface area contributed by atoms with Gasteiger partial charge < -0.3 is 19.9 Å². The van der Waals surface area contributed by atoms with Crippen LogP contribution in [0.2, 0.25) is 0 Å². The van der Waals surface area contributed by atoms with E-state index < -0.39 is 11.7 Å². The average molecular weight is 401 g/mol. The predicted molar refractivity (Wildman–Crippen MR) is 104 cm³/mol. The van der Waals surface area contributed by atoms with Gasteiger partial charge in [-0.15, -0.1) is 0 Å². The molecule has 2 aliphatic heterocycles. The quantitative estimate of drug-likeness (QED) is 0.771. The highest BCUT2D eigenvalue weighted by molar-refractivity contribution is 7.80. The van der Waals surface area contributed by atoms with Crippen LogP contribution >= 0.6 is 12.2 Å². The van der Waals surface area contributed by atoms with Gasteiger partial charge in [-0.25, -0.2) is 0 Å². The second-order valence-electron chi connectivity index (χ2n) is 7.30. The standard InChI is InChI=1S/C19H26F3N3OS/c1-24(13-17-6-3-11-26-17)16-7-9-25(10-8-16)18(27)23-15-5-2-4-14(12-15)19(20,21)22/h2,4-5,12,16-17H,3,6-11,13H2,1H3,(H,23,27)/t17-/m1/s1. The zero-order chi connectivity index (χ0) is 19.4. The van der Waals surface area contributed by atoms with Crippen molar-refractivity contribution < 1.29 is 17.9 Å². The fourth-order valence-corrected chi connectivity index (χ4v) is 4.04. The van der Waals surface area contributed by atoms with Crippen molar-refractivity contribution in [1.29, 1.82) is 0 Å². The molecule has 8 heteroatoms. The predicted octanol–water partition coefficient (Wildman–Crippen LogP) is 3.98. The van der Waals surface area contributed by atoms with Gasteiger partial charge in [0.25, 0.3) is 0 Å². The number of likely N-dealkylation sites (tertiary alicyclic amines) is 1. The second-order valence-corrected chi connectivity index (χ2v) is 7.69. The lowest BCUT2D eigenvalue weighted by Crippen LogP contribution is -2.48. The highest BCUT2D eigenvalue weighted by atomic mass is 32.1. The smallest absolute Gasteiger partial charge is 0.377 e. The largest absolute Gasteiger partial charge is 0.416 e. The second kappa shape index (κ2) is 8.75. The SMILES string of the molecule is CN(C[C@H]1CCCO1)C1CCN(C(=S)Nc2cccc(C(F)(F)F)c2)CC1. The van der Waals surface area contributed by atoms with Crippen LogP contribution in [0.4, 0.5) is 18.9 Å². The zero-order valence-corrected chi connectivity index (χ0v) is 16.3. The van der Waals surface area contributed by atoms with Crippen LogP contribution in [0, 0.1) is 0 Å². The maximum absolute atomic E-state index is 12.8. The van der Waals surface area contributed by atoms with E-state index in [-0.39, 0.29) is 0 Å². The van der Waals surface area contributed by atoms with Crippen LogP contribution in [0.1, 0.15) is 31.2 Å². The summed E-state index contributed by atoms with van der Waals surface area (Å²) in [5.41, 5.74) is -0.308. The Bertz CT molecular complexity index is 641. The van der Waals surface area contributed by atoms with Crippen molar-refractivity contribution in [2.45, 2.75) is 44.0 Å². The van der Waals surface area contributed by atoms with E-state index in [1.54, 1.807) is 6.07 Å². The van der Waals surface area contributed by atoms with Crippen LogP contribution < -0.4 is 5.32 Å². The number of alkyl halides is 3. The zero-order valence-electron chi connectivity index (χ0n) is 15.5. The number of thiocarbonyl (C=S) groups is 1. The number of nitrogens with zero attached hydrogens (tertiary/aromatic N) is 2. The number of nitrogens with one attached hydrogen (secondary N) is 1. The van der Waals surface area contributed by atoms with Crippen molar-refractivity contribution in [3.05, 3.63) is 29.8 Å². The van der Waals surface area contributed by atoms with Gasteiger partial charge in [-0.3, -0.25) is 0 Å². The summed E-state index contributed by atoms with van der Waals surface area (Å²) in [7, 11) is 2.14. The van der Waals surface area contributed by atoms with Gasteiger partial charge in [0.15, 0.2) is 5.11 Å². The third kappa shape index (κ3) is 5.56. The summed E-state index contributed by atoms with van der Waals surface area (Å²) >= 11 is 5.41. The average Bonchev–Trinajstić information content (AvgIpc) is 3.14. The number of benzene rings is 1. The first-order chi connectivity index (χ1) is 12.8. The lowest BCUT2D eigenvalue weighted by Gasteiger charge is -2.38. The Morgan fingerprint density at radius 1 is 1.30 bits per heavy atom. The molecule has 4 nitrogen and oxygen atoms in total. The molecule has 0 aromatic heterocycles. The Kier molecular flexibility index (Phi) is 6.60. The number of likely N-dealkylation sites (N-methyl/N-ethyl adjacent to an activating group) is 1. The molecule has 0 spiro atoms. The summed E-state index contributed by atoms with van der Waals surface area (Å²) in [4.78, 5) is 4.41. The van der Waals surface area contributed by atoms with Crippen LogP contribution in [0.5, 0.6) is 0 Å². The molecule has 1 N–H and O–H groups in total. The molecule has 0 aliphatic carbocycles. The summed E-state index contributed by atoms with van der Waals surface area (Å²) in [5, 5.41) is 3.43. The summed E-state index contributed by atoms with van der Waals surface area (Å²) in [5.74, 6) is 0. The number of ether oxygens (including phenoxy) is 1. The van der Waals surface area contributed by atoms with Crippen LogP contribution in [-0.2, 0) is 10.9 Å². The van der Waals surface area contributed by atoms with E-state index in [9.17, 15) is 13.2 Å². The summed E-state index contributed by atoms with van der Waals surface area (Å²) in [6, 6.07) is 5.63. The number of anilines is 1. The third-order valence-electron chi connectivity index (χ3n) is 5.33. The van der Waals surface area contributed by atoms with Crippen molar-refractivity contribution in [3.8, 4) is 0 Å². The van der Waals surface area contributed by atoms with E-state index in [2.05, 4.69) is 17.3 Å². The highest BCUT2D eigenvalue weighted by Crippen LogP contribution is 2.30. The van der Waals surface area contributed by atoms with Gasteiger partial charge in [0, 0.05) is 38.0 Å². The van der Waals surface area contributed by atoms with E-state index in [0.717, 1.165) is 64.1 Å². The molecule has 150 valence electrons. The molecule has 1 atom stereocenters. The van der Waals surface area contributed by atoms with Crippen LogP contribution in [0.15, 0.2) is 24.3 Å². The van der Waals surface area contributed by atoms with Crippen LogP contribution in [-0.4, -0.2) is 60.3 Å². The van der Waals surface area contributed by atoms with Crippen molar-refractivity contribution in [2.24, 2.45) is 0 Å². The maximum atomic E-state index is 12.8. The van der Waals surface area contributed by atoms with E-state index in [0.29, 0.717) is 22.9 Å². The molecule has 3 rings (SSSR count). The number of rotatable bonds is 4. The van der Waals surface area contributed by atoms with Gasteiger partial charge in [0.2, 0.25) is 0 Å². The lowest BCUT2D eigenvalue weighted by atomic mass is 10.0. The molecule has 1 aromatic rings. The van der Waals surface area contributed by atoms with Gasteiger partial charge in [-0.1, -0.05) is 6.07 Å². The minimum absolute atomic E-state index is 0.344. The fourth-order valence-electron chi connectivity index (χ4n) is 3.74. The number of halogens is 3. The van der Waals surface area contributed by atoms with Gasteiger partial charge in [-0.05, 0) is 63.1 Å². The van der Waals surface area contributed by atoms with Gasteiger partial charge in [-0.2, -0.15) is 13.2 Å². The molecular weight excluding hydrogens is 375 g/mol. The number of piperidine rings is 1. The molecule has 0 unspecified atom stereocenters. The fraction of sp³-hybridized carbons (Fsp3) is 0.632. The van der Waals surface area contributed by atoms with Gasteiger partial charge in [0.1, 0.15) is 0 Å². The number of hydrogen-bond acceptors (Lipinski definition) is 3. The number of hydrogen-bond donors (Lipinski definition) is 1. The minimum Gasteiger partial charge on any atom is -0.377 e. The third-order valence-corrected chi connectivity index (χ3v) is 5.69. The summed E-state index contributed by atoms with van der Waals surface area (Å²) in [6.07, 6.45) is 0.226. The molecule has 0 radical (unpaired) electrons. The molecule has 0 bridgehead atoms. The molecule has 2 aliphatic rings. The van der Waals surface area contributed by atoms with E-state index in [1.807, 2.05) is 4.90 Å².